The minimum Gasteiger partial charge on any atom is -0.395 e. The molecule has 0 radical (unpaired) electrons. The van der Waals surface area contributed by atoms with Crippen molar-refractivity contribution in [3.63, 3.8) is 0 Å². The molecule has 7 heteroatoms. The van der Waals surface area contributed by atoms with Crippen molar-refractivity contribution in [1.29, 1.82) is 0 Å². The number of rotatable bonds is 6. The Hall–Kier alpha value is -1.57. The van der Waals surface area contributed by atoms with Crippen LogP contribution in [0, 0.1) is 15.9 Å². The normalized spacial score (nSPS) is 12.4. The molecule has 1 unspecified atom stereocenters. The minimum absolute atomic E-state index is 0.0731. The Balaban J connectivity index is 2.77. The van der Waals surface area contributed by atoms with Crippen LogP contribution in [0.2, 0.25) is 0 Å². The van der Waals surface area contributed by atoms with Crippen molar-refractivity contribution in [2.24, 2.45) is 0 Å². The maximum absolute atomic E-state index is 13.0. The average molecular weight is 244 g/mol. The molecule has 1 aromatic rings. The zero-order valence-corrected chi connectivity index (χ0v) is 8.97. The zero-order valence-electron chi connectivity index (χ0n) is 8.97. The van der Waals surface area contributed by atoms with Gasteiger partial charge in [-0.15, -0.1) is 0 Å². The van der Waals surface area contributed by atoms with E-state index in [2.05, 4.69) is 5.32 Å². The second-order valence-electron chi connectivity index (χ2n) is 3.41. The van der Waals surface area contributed by atoms with Crippen molar-refractivity contribution in [3.8, 4) is 0 Å². The van der Waals surface area contributed by atoms with E-state index in [-0.39, 0.29) is 18.7 Å². The minimum atomic E-state index is -0.985. The molecule has 0 aliphatic heterocycles. The lowest BCUT2D eigenvalue weighted by Gasteiger charge is -2.11. The van der Waals surface area contributed by atoms with Gasteiger partial charge in [0.05, 0.1) is 17.6 Å². The highest BCUT2D eigenvalue weighted by molar-refractivity contribution is 5.37. The van der Waals surface area contributed by atoms with Crippen LogP contribution in [0.4, 0.5) is 10.1 Å². The number of aliphatic hydroxyl groups excluding tert-OH is 2. The maximum Gasteiger partial charge on any atom is 0.305 e. The van der Waals surface area contributed by atoms with Crippen LogP contribution >= 0.6 is 0 Å². The molecule has 0 amide bonds. The van der Waals surface area contributed by atoms with Crippen LogP contribution in [-0.2, 0) is 0 Å². The summed E-state index contributed by atoms with van der Waals surface area (Å²) >= 11 is 0. The van der Waals surface area contributed by atoms with Crippen molar-refractivity contribution in [3.05, 3.63) is 39.7 Å². The first-order chi connectivity index (χ1) is 8.06. The summed E-state index contributed by atoms with van der Waals surface area (Å²) in [7, 11) is 0. The van der Waals surface area contributed by atoms with Crippen molar-refractivity contribution < 1.29 is 19.5 Å². The summed E-state index contributed by atoms with van der Waals surface area (Å²) < 4.78 is 13.0. The Morgan fingerprint density at radius 3 is 2.82 bits per heavy atom. The second-order valence-corrected chi connectivity index (χ2v) is 3.41. The third-order valence-corrected chi connectivity index (χ3v) is 2.18. The van der Waals surface area contributed by atoms with Gasteiger partial charge in [-0.25, -0.2) is 0 Å². The van der Waals surface area contributed by atoms with Crippen LogP contribution in [0.5, 0.6) is 0 Å². The average Bonchev–Trinajstić information content (AvgIpc) is 2.29. The van der Waals surface area contributed by atoms with Gasteiger partial charge < -0.3 is 15.5 Å². The van der Waals surface area contributed by atoms with E-state index in [1.807, 2.05) is 0 Å². The first-order valence-electron chi connectivity index (χ1n) is 4.99. The van der Waals surface area contributed by atoms with Crippen LogP contribution in [0.25, 0.3) is 0 Å². The van der Waals surface area contributed by atoms with Gasteiger partial charge in [-0.1, -0.05) is 6.07 Å². The van der Waals surface area contributed by atoms with Gasteiger partial charge in [-0.05, 0) is 11.6 Å². The standard InChI is InChI=1S/C10H13FN2O4/c11-8-2-1-7(5-9(8)13(16)17)10(15)6-12-3-4-14/h1-2,5,10,12,14-15H,3-4,6H2. The maximum atomic E-state index is 13.0. The van der Waals surface area contributed by atoms with Gasteiger partial charge in [-0.3, -0.25) is 10.1 Å². The van der Waals surface area contributed by atoms with E-state index in [9.17, 15) is 19.6 Å². The van der Waals surface area contributed by atoms with E-state index < -0.39 is 22.5 Å². The van der Waals surface area contributed by atoms with Gasteiger partial charge in [0.25, 0.3) is 0 Å². The number of nitro benzene ring substituents is 1. The number of hydrogen-bond donors (Lipinski definition) is 3. The summed E-state index contributed by atoms with van der Waals surface area (Å²) in [5.74, 6) is -0.936. The number of nitrogens with one attached hydrogen (secondary N) is 1. The largest absolute Gasteiger partial charge is 0.395 e. The van der Waals surface area contributed by atoms with E-state index in [1.165, 1.54) is 6.07 Å². The Bertz CT molecular complexity index is 400. The smallest absolute Gasteiger partial charge is 0.305 e. The lowest BCUT2D eigenvalue weighted by atomic mass is 10.1. The Morgan fingerprint density at radius 2 is 2.24 bits per heavy atom. The quantitative estimate of drug-likeness (QED) is 0.381. The van der Waals surface area contributed by atoms with Crippen LogP contribution in [0.3, 0.4) is 0 Å². The summed E-state index contributed by atoms with van der Waals surface area (Å²) in [5, 5.41) is 31.4. The van der Waals surface area contributed by atoms with Gasteiger partial charge in [0.15, 0.2) is 0 Å². The molecule has 3 N–H and O–H groups in total. The molecular formula is C10H13FN2O4. The van der Waals surface area contributed by atoms with Gasteiger partial charge in [0.2, 0.25) is 5.82 Å². The van der Waals surface area contributed by atoms with E-state index in [0.717, 1.165) is 12.1 Å². The molecule has 17 heavy (non-hydrogen) atoms. The molecule has 0 aliphatic rings. The molecule has 1 atom stereocenters. The summed E-state index contributed by atoms with van der Waals surface area (Å²) in [6.45, 7) is 0.361. The molecule has 0 saturated heterocycles. The lowest BCUT2D eigenvalue weighted by molar-refractivity contribution is -0.387. The molecule has 0 fully saturated rings. The molecule has 0 saturated carbocycles. The van der Waals surface area contributed by atoms with E-state index >= 15 is 0 Å². The Labute approximate surface area is 96.8 Å². The van der Waals surface area contributed by atoms with Crippen LogP contribution in [-0.4, -0.2) is 34.8 Å². The van der Waals surface area contributed by atoms with E-state index in [4.69, 9.17) is 5.11 Å². The predicted molar refractivity (Wildman–Crippen MR) is 58.0 cm³/mol. The number of halogens is 1. The molecular weight excluding hydrogens is 231 g/mol. The topological polar surface area (TPSA) is 95.6 Å². The fourth-order valence-corrected chi connectivity index (χ4v) is 1.31. The van der Waals surface area contributed by atoms with Gasteiger partial charge in [-0.2, -0.15) is 4.39 Å². The third-order valence-electron chi connectivity index (χ3n) is 2.18. The number of aliphatic hydroxyl groups is 2. The Kier molecular flexibility index (Phi) is 4.95. The highest BCUT2D eigenvalue weighted by Crippen LogP contribution is 2.22. The summed E-state index contributed by atoms with van der Waals surface area (Å²) in [4.78, 5) is 9.65. The molecule has 0 heterocycles. The number of hydrogen-bond acceptors (Lipinski definition) is 5. The molecule has 0 aliphatic carbocycles. The monoisotopic (exact) mass is 244 g/mol. The fourth-order valence-electron chi connectivity index (χ4n) is 1.31. The van der Waals surface area contributed by atoms with Gasteiger partial charge >= 0.3 is 5.69 Å². The third kappa shape index (κ3) is 3.74. The zero-order chi connectivity index (χ0) is 12.8. The molecule has 1 aromatic carbocycles. The van der Waals surface area contributed by atoms with E-state index in [0.29, 0.717) is 6.54 Å². The second kappa shape index (κ2) is 6.24. The van der Waals surface area contributed by atoms with Crippen LogP contribution in [0.15, 0.2) is 18.2 Å². The van der Waals surface area contributed by atoms with Gasteiger partial charge in [0.1, 0.15) is 0 Å². The van der Waals surface area contributed by atoms with Crippen LogP contribution in [0.1, 0.15) is 11.7 Å². The van der Waals surface area contributed by atoms with Crippen molar-refractivity contribution in [2.45, 2.75) is 6.10 Å². The number of nitrogens with zero attached hydrogens (tertiary/aromatic N) is 1. The number of benzene rings is 1. The highest BCUT2D eigenvalue weighted by Gasteiger charge is 2.17. The SMILES string of the molecule is O=[N+]([O-])c1cc(C(O)CNCCO)ccc1F. The predicted octanol–water partition coefficient (Wildman–Crippen LogP) is 0.349. The molecule has 0 aromatic heterocycles. The summed E-state index contributed by atoms with van der Waals surface area (Å²) in [6, 6.07) is 3.23. The summed E-state index contributed by atoms with van der Waals surface area (Å²) in [6.07, 6.45) is -0.985. The van der Waals surface area contributed by atoms with Crippen molar-refractivity contribution in [1.82, 2.24) is 5.32 Å². The number of nitro groups is 1. The van der Waals surface area contributed by atoms with Crippen LogP contribution < -0.4 is 5.32 Å². The molecule has 0 spiro atoms. The molecule has 0 bridgehead atoms. The van der Waals surface area contributed by atoms with Gasteiger partial charge in [0, 0.05) is 19.2 Å². The Morgan fingerprint density at radius 1 is 1.53 bits per heavy atom. The molecule has 6 nitrogen and oxygen atoms in total. The highest BCUT2D eigenvalue weighted by atomic mass is 19.1. The van der Waals surface area contributed by atoms with Crippen molar-refractivity contribution >= 4 is 5.69 Å². The first-order valence-corrected chi connectivity index (χ1v) is 4.99. The lowest BCUT2D eigenvalue weighted by Crippen LogP contribution is -2.24. The molecule has 94 valence electrons. The van der Waals surface area contributed by atoms with Crippen molar-refractivity contribution in [2.75, 3.05) is 19.7 Å². The summed E-state index contributed by atoms with van der Waals surface area (Å²) in [5.41, 5.74) is -0.410. The first kappa shape index (κ1) is 13.5. The van der Waals surface area contributed by atoms with E-state index in [1.54, 1.807) is 0 Å². The fraction of sp³-hybridized carbons (Fsp3) is 0.400. The molecule has 1 rings (SSSR count).